The lowest BCUT2D eigenvalue weighted by Gasteiger charge is -2.16. The van der Waals surface area contributed by atoms with Crippen LogP contribution in [0.5, 0.6) is 0 Å². The number of aryl methyl sites for hydroxylation is 1. The van der Waals surface area contributed by atoms with Gasteiger partial charge in [0.25, 0.3) is 0 Å². The minimum absolute atomic E-state index is 0.434. The summed E-state index contributed by atoms with van der Waals surface area (Å²) in [6, 6.07) is 2.47. The highest BCUT2D eigenvalue weighted by atomic mass is 32.1. The second-order valence-electron chi connectivity index (χ2n) is 4.55. The Morgan fingerprint density at radius 3 is 2.94 bits per heavy atom. The molecule has 0 radical (unpaired) electrons. The third-order valence-electron chi connectivity index (χ3n) is 2.87. The number of nitrogens with one attached hydrogen (secondary N) is 1. The van der Waals surface area contributed by atoms with Crippen LogP contribution < -0.4 is 5.32 Å². The minimum Gasteiger partial charge on any atom is -0.472 e. The second kappa shape index (κ2) is 6.71. The summed E-state index contributed by atoms with van der Waals surface area (Å²) in [5.41, 5.74) is 2.44. The number of nitrogens with zero attached hydrogens (tertiary/aromatic N) is 1. The summed E-state index contributed by atoms with van der Waals surface area (Å²) in [5, 5.41) is 6.89. The van der Waals surface area contributed by atoms with E-state index in [4.69, 9.17) is 4.42 Å². The number of hydrogen-bond acceptors (Lipinski definition) is 4. The molecule has 2 aromatic heterocycles. The van der Waals surface area contributed by atoms with Gasteiger partial charge in [0.2, 0.25) is 0 Å². The van der Waals surface area contributed by atoms with Crippen LogP contribution in [-0.2, 0) is 12.8 Å². The van der Waals surface area contributed by atoms with Gasteiger partial charge in [0.15, 0.2) is 0 Å². The molecule has 0 aliphatic heterocycles. The molecule has 0 aliphatic carbocycles. The quantitative estimate of drug-likeness (QED) is 0.834. The molecule has 4 heteroatoms. The molecule has 0 amide bonds. The normalized spacial score (nSPS) is 12.8. The van der Waals surface area contributed by atoms with Gasteiger partial charge in [0, 0.05) is 17.8 Å². The summed E-state index contributed by atoms with van der Waals surface area (Å²) in [6.07, 6.45) is 6.69. The van der Waals surface area contributed by atoms with Gasteiger partial charge in [-0.2, -0.15) is 0 Å². The zero-order valence-corrected chi connectivity index (χ0v) is 11.8. The largest absolute Gasteiger partial charge is 0.472 e. The van der Waals surface area contributed by atoms with E-state index in [1.165, 1.54) is 11.3 Å². The van der Waals surface area contributed by atoms with Crippen LogP contribution in [0.3, 0.4) is 0 Å². The molecular formula is C14H20N2OS. The van der Waals surface area contributed by atoms with Gasteiger partial charge >= 0.3 is 0 Å². The Bertz CT molecular complexity index is 450. The standard InChI is InChI=1S/C14H20N2OS/c1-3-5-15-13(7-12-4-6-17-9-12)8-14-10-18-11(2)16-14/h4,6,9-10,13,15H,3,5,7-8H2,1-2H3. The first kappa shape index (κ1) is 13.3. The molecule has 0 bridgehead atoms. The van der Waals surface area contributed by atoms with E-state index in [9.17, 15) is 0 Å². The van der Waals surface area contributed by atoms with Crippen molar-refractivity contribution in [2.24, 2.45) is 0 Å². The van der Waals surface area contributed by atoms with E-state index in [1.54, 1.807) is 17.6 Å². The van der Waals surface area contributed by atoms with Gasteiger partial charge in [-0.15, -0.1) is 11.3 Å². The maximum Gasteiger partial charge on any atom is 0.0935 e. The average molecular weight is 264 g/mol. The van der Waals surface area contributed by atoms with Crippen LogP contribution in [0.25, 0.3) is 0 Å². The van der Waals surface area contributed by atoms with Crippen molar-refractivity contribution in [3.63, 3.8) is 0 Å². The summed E-state index contributed by atoms with van der Waals surface area (Å²) in [6.45, 7) is 5.29. The van der Waals surface area contributed by atoms with Crippen molar-refractivity contribution in [3.8, 4) is 0 Å². The van der Waals surface area contributed by atoms with Gasteiger partial charge in [0.05, 0.1) is 23.2 Å². The van der Waals surface area contributed by atoms with Gasteiger partial charge in [-0.05, 0) is 37.9 Å². The van der Waals surface area contributed by atoms with E-state index in [2.05, 4.69) is 29.5 Å². The Hall–Kier alpha value is -1.13. The van der Waals surface area contributed by atoms with Crippen LogP contribution in [0.4, 0.5) is 0 Å². The molecule has 0 saturated carbocycles. The van der Waals surface area contributed by atoms with Crippen molar-refractivity contribution in [2.75, 3.05) is 6.54 Å². The topological polar surface area (TPSA) is 38.1 Å². The third-order valence-corrected chi connectivity index (χ3v) is 3.69. The number of aromatic nitrogens is 1. The molecule has 0 saturated heterocycles. The SMILES string of the molecule is CCCNC(Cc1ccoc1)Cc1csc(C)n1. The molecule has 2 aromatic rings. The number of hydrogen-bond donors (Lipinski definition) is 1. The van der Waals surface area contributed by atoms with Gasteiger partial charge in [-0.3, -0.25) is 0 Å². The highest BCUT2D eigenvalue weighted by Crippen LogP contribution is 2.13. The Labute approximate surface area is 112 Å². The second-order valence-corrected chi connectivity index (χ2v) is 5.61. The Morgan fingerprint density at radius 1 is 1.44 bits per heavy atom. The van der Waals surface area contributed by atoms with Crippen LogP contribution in [0.1, 0.15) is 29.6 Å². The first-order chi connectivity index (χ1) is 8.78. The van der Waals surface area contributed by atoms with E-state index in [1.807, 2.05) is 12.3 Å². The predicted octanol–water partition coefficient (Wildman–Crippen LogP) is 3.20. The zero-order valence-electron chi connectivity index (χ0n) is 11.0. The molecule has 1 N–H and O–H groups in total. The molecule has 18 heavy (non-hydrogen) atoms. The monoisotopic (exact) mass is 264 g/mol. The lowest BCUT2D eigenvalue weighted by atomic mass is 10.0. The molecule has 0 aliphatic rings. The Morgan fingerprint density at radius 2 is 2.33 bits per heavy atom. The molecule has 98 valence electrons. The van der Waals surface area contributed by atoms with Crippen molar-refractivity contribution >= 4 is 11.3 Å². The molecule has 1 unspecified atom stereocenters. The average Bonchev–Trinajstić information content (AvgIpc) is 2.98. The van der Waals surface area contributed by atoms with Gasteiger partial charge < -0.3 is 9.73 Å². The lowest BCUT2D eigenvalue weighted by molar-refractivity contribution is 0.496. The summed E-state index contributed by atoms with van der Waals surface area (Å²) in [5.74, 6) is 0. The zero-order chi connectivity index (χ0) is 12.8. The number of furan rings is 1. The summed E-state index contributed by atoms with van der Waals surface area (Å²) >= 11 is 1.72. The van der Waals surface area contributed by atoms with Crippen LogP contribution in [0.2, 0.25) is 0 Å². The van der Waals surface area contributed by atoms with Crippen LogP contribution in [0.15, 0.2) is 28.4 Å². The van der Waals surface area contributed by atoms with E-state index >= 15 is 0 Å². The van der Waals surface area contributed by atoms with Gasteiger partial charge in [0.1, 0.15) is 0 Å². The molecule has 2 heterocycles. The number of thiazole rings is 1. The van der Waals surface area contributed by atoms with Crippen molar-refractivity contribution in [3.05, 3.63) is 40.2 Å². The van der Waals surface area contributed by atoms with Crippen molar-refractivity contribution in [1.82, 2.24) is 10.3 Å². The predicted molar refractivity (Wildman–Crippen MR) is 75.0 cm³/mol. The van der Waals surface area contributed by atoms with Crippen molar-refractivity contribution < 1.29 is 4.42 Å². The third kappa shape index (κ3) is 3.96. The van der Waals surface area contributed by atoms with Crippen LogP contribution in [-0.4, -0.2) is 17.6 Å². The smallest absolute Gasteiger partial charge is 0.0935 e. The van der Waals surface area contributed by atoms with E-state index in [0.29, 0.717) is 6.04 Å². The molecule has 1 atom stereocenters. The Balaban J connectivity index is 1.95. The maximum absolute atomic E-state index is 5.13. The van der Waals surface area contributed by atoms with Crippen molar-refractivity contribution in [1.29, 1.82) is 0 Å². The van der Waals surface area contributed by atoms with Crippen molar-refractivity contribution in [2.45, 2.75) is 39.2 Å². The molecule has 0 spiro atoms. The Kier molecular flexibility index (Phi) is 4.96. The first-order valence-corrected chi connectivity index (χ1v) is 7.31. The minimum atomic E-state index is 0.434. The summed E-state index contributed by atoms with van der Waals surface area (Å²) in [7, 11) is 0. The van der Waals surface area contributed by atoms with Crippen LogP contribution >= 0.6 is 11.3 Å². The highest BCUT2D eigenvalue weighted by Gasteiger charge is 2.12. The maximum atomic E-state index is 5.13. The van der Waals surface area contributed by atoms with Gasteiger partial charge in [-0.1, -0.05) is 6.92 Å². The molecular weight excluding hydrogens is 244 g/mol. The highest BCUT2D eigenvalue weighted by molar-refractivity contribution is 7.09. The molecule has 0 aromatic carbocycles. The fourth-order valence-corrected chi connectivity index (χ4v) is 2.64. The van der Waals surface area contributed by atoms with E-state index in [-0.39, 0.29) is 0 Å². The number of rotatable bonds is 7. The summed E-state index contributed by atoms with van der Waals surface area (Å²) < 4.78 is 5.13. The first-order valence-electron chi connectivity index (χ1n) is 6.43. The van der Waals surface area contributed by atoms with E-state index < -0.39 is 0 Å². The fourth-order valence-electron chi connectivity index (χ4n) is 2.01. The van der Waals surface area contributed by atoms with E-state index in [0.717, 1.165) is 30.8 Å². The molecule has 2 rings (SSSR count). The fraction of sp³-hybridized carbons (Fsp3) is 0.500. The molecule has 3 nitrogen and oxygen atoms in total. The van der Waals surface area contributed by atoms with Crippen LogP contribution in [0, 0.1) is 6.92 Å². The summed E-state index contributed by atoms with van der Waals surface area (Å²) in [4.78, 5) is 4.54. The van der Waals surface area contributed by atoms with Gasteiger partial charge in [-0.25, -0.2) is 4.98 Å². The lowest BCUT2D eigenvalue weighted by Crippen LogP contribution is -2.33. The molecule has 0 fully saturated rings.